The Morgan fingerprint density at radius 2 is 1.88 bits per heavy atom. The average molecular weight is 338 g/mol. The molecular weight excluding hydrogens is 316 g/mol. The number of carboxylic acids is 1. The van der Waals surface area contributed by atoms with E-state index in [4.69, 9.17) is 15.6 Å². The smallest absolute Gasteiger partial charge is 0.411 e. The summed E-state index contributed by atoms with van der Waals surface area (Å²) < 4.78 is 9.83. The lowest BCUT2D eigenvalue weighted by atomic mass is 10.1. The number of methoxy groups -OCH3 is 1. The molecular formula is C16H22N2O6. The summed E-state index contributed by atoms with van der Waals surface area (Å²) in [6.07, 6.45) is -0.729. The van der Waals surface area contributed by atoms with E-state index in [2.05, 4.69) is 4.74 Å². The van der Waals surface area contributed by atoms with E-state index in [1.54, 1.807) is 20.8 Å². The molecule has 0 bridgehead atoms. The molecule has 0 aliphatic heterocycles. The minimum Gasteiger partial charge on any atom is -0.478 e. The minimum absolute atomic E-state index is 0.0291. The highest BCUT2D eigenvalue weighted by Gasteiger charge is 2.25. The number of amides is 1. The lowest BCUT2D eigenvalue weighted by Crippen LogP contribution is -2.39. The van der Waals surface area contributed by atoms with Crippen LogP contribution in [0.15, 0.2) is 18.2 Å². The van der Waals surface area contributed by atoms with Gasteiger partial charge in [0.2, 0.25) is 0 Å². The highest BCUT2D eigenvalue weighted by atomic mass is 16.6. The monoisotopic (exact) mass is 338 g/mol. The summed E-state index contributed by atoms with van der Waals surface area (Å²) in [5.74, 6) is -1.75. The largest absolute Gasteiger partial charge is 0.478 e. The number of nitrogens with two attached hydrogens (primary N) is 1. The predicted molar refractivity (Wildman–Crippen MR) is 86.5 cm³/mol. The maximum Gasteiger partial charge on any atom is 0.411 e. The van der Waals surface area contributed by atoms with Crippen molar-refractivity contribution in [3.8, 4) is 0 Å². The van der Waals surface area contributed by atoms with Crippen LogP contribution in [0.25, 0.3) is 0 Å². The first-order valence-electron chi connectivity index (χ1n) is 7.20. The molecule has 1 aromatic carbocycles. The number of carbonyl (C=O) groups excluding carboxylic acids is 2. The number of hydrogen-bond acceptors (Lipinski definition) is 6. The average Bonchev–Trinajstić information content (AvgIpc) is 2.46. The summed E-state index contributed by atoms with van der Waals surface area (Å²) in [7, 11) is 1.20. The third-order valence-corrected chi connectivity index (χ3v) is 2.95. The molecule has 1 rings (SSSR count). The van der Waals surface area contributed by atoms with E-state index in [1.165, 1.54) is 25.3 Å². The van der Waals surface area contributed by atoms with Crippen molar-refractivity contribution < 1.29 is 29.0 Å². The van der Waals surface area contributed by atoms with Gasteiger partial charge in [0, 0.05) is 5.69 Å². The molecule has 0 saturated carbocycles. The molecule has 0 unspecified atom stereocenters. The number of aromatic carboxylic acids is 1. The Labute approximate surface area is 140 Å². The van der Waals surface area contributed by atoms with Crippen LogP contribution in [0.5, 0.6) is 0 Å². The van der Waals surface area contributed by atoms with Crippen LogP contribution in [-0.2, 0) is 20.8 Å². The molecule has 0 saturated heterocycles. The fraction of sp³-hybridized carbons (Fsp3) is 0.438. The molecule has 0 aromatic heterocycles. The first-order valence-corrected chi connectivity index (χ1v) is 7.20. The van der Waals surface area contributed by atoms with E-state index in [1.807, 2.05) is 0 Å². The van der Waals surface area contributed by atoms with Crippen LogP contribution in [0.4, 0.5) is 10.5 Å². The summed E-state index contributed by atoms with van der Waals surface area (Å²) in [5.41, 5.74) is 5.82. The summed E-state index contributed by atoms with van der Waals surface area (Å²) in [6, 6.07) is 4.15. The molecule has 1 aromatic rings. The molecule has 0 spiro atoms. The van der Waals surface area contributed by atoms with Gasteiger partial charge in [-0.05, 0) is 44.5 Å². The zero-order chi connectivity index (χ0) is 18.5. The molecule has 0 aliphatic rings. The van der Waals surface area contributed by atoms with Crippen LogP contribution in [-0.4, -0.2) is 47.3 Å². The maximum atomic E-state index is 12.3. The topological polar surface area (TPSA) is 119 Å². The van der Waals surface area contributed by atoms with Gasteiger partial charge < -0.3 is 20.3 Å². The number of nitrogen functional groups attached to an aromatic ring is 1. The van der Waals surface area contributed by atoms with Gasteiger partial charge in [0.1, 0.15) is 12.1 Å². The van der Waals surface area contributed by atoms with Crippen LogP contribution in [0.3, 0.4) is 0 Å². The van der Waals surface area contributed by atoms with Crippen LogP contribution in [0, 0.1) is 0 Å². The Morgan fingerprint density at radius 3 is 2.38 bits per heavy atom. The molecule has 132 valence electrons. The Bertz CT molecular complexity index is 636. The molecule has 1 amide bonds. The van der Waals surface area contributed by atoms with Crippen molar-refractivity contribution in [3.05, 3.63) is 29.3 Å². The molecule has 0 aliphatic carbocycles. The van der Waals surface area contributed by atoms with Gasteiger partial charge in [0.15, 0.2) is 0 Å². The van der Waals surface area contributed by atoms with Crippen LogP contribution in [0.2, 0.25) is 0 Å². The number of rotatable bonds is 5. The molecule has 0 radical (unpaired) electrons. The van der Waals surface area contributed by atoms with Crippen molar-refractivity contribution in [2.45, 2.75) is 32.9 Å². The van der Waals surface area contributed by atoms with E-state index < -0.39 is 23.6 Å². The van der Waals surface area contributed by atoms with Crippen molar-refractivity contribution in [1.29, 1.82) is 0 Å². The predicted octanol–water partition coefficient (Wildman–Crippen LogP) is 1.88. The Morgan fingerprint density at radius 1 is 1.25 bits per heavy atom. The number of nitrogens with zero attached hydrogens (tertiary/aromatic N) is 1. The molecule has 8 nitrogen and oxygen atoms in total. The van der Waals surface area contributed by atoms with Gasteiger partial charge in [-0.25, -0.2) is 9.59 Å². The van der Waals surface area contributed by atoms with Crippen molar-refractivity contribution in [2.24, 2.45) is 0 Å². The van der Waals surface area contributed by atoms with E-state index in [0.29, 0.717) is 11.3 Å². The number of anilines is 1. The zero-order valence-electron chi connectivity index (χ0n) is 14.2. The van der Waals surface area contributed by atoms with E-state index >= 15 is 0 Å². The first-order chi connectivity index (χ1) is 11.0. The SMILES string of the molecule is COC(=O)CN(Cc1cc(C(=O)O)ccc1N)C(=O)OC(C)(C)C. The molecule has 0 fully saturated rings. The van der Waals surface area contributed by atoms with E-state index in [9.17, 15) is 14.4 Å². The third kappa shape index (κ3) is 5.79. The standard InChI is InChI=1S/C16H22N2O6/c1-16(2,3)24-15(22)18(9-13(19)23-4)8-11-7-10(14(20)21)5-6-12(11)17/h5-7H,8-9,17H2,1-4H3,(H,20,21). The van der Waals surface area contributed by atoms with E-state index in [-0.39, 0.29) is 18.7 Å². The number of esters is 1. The first kappa shape index (κ1) is 19.3. The second-order valence-corrected chi connectivity index (χ2v) is 6.13. The lowest BCUT2D eigenvalue weighted by molar-refractivity contribution is -0.142. The quantitative estimate of drug-likeness (QED) is 0.621. The Balaban J connectivity index is 3.08. The molecule has 8 heteroatoms. The maximum absolute atomic E-state index is 12.3. The van der Waals surface area contributed by atoms with Crippen molar-refractivity contribution in [3.63, 3.8) is 0 Å². The van der Waals surface area contributed by atoms with Gasteiger partial charge in [0.25, 0.3) is 0 Å². The van der Waals surface area contributed by atoms with Crippen LogP contribution >= 0.6 is 0 Å². The van der Waals surface area contributed by atoms with Gasteiger partial charge in [-0.1, -0.05) is 0 Å². The number of ether oxygens (including phenoxy) is 2. The van der Waals surface area contributed by atoms with Gasteiger partial charge >= 0.3 is 18.0 Å². The zero-order valence-corrected chi connectivity index (χ0v) is 14.2. The Hall–Kier alpha value is -2.77. The number of benzene rings is 1. The van der Waals surface area contributed by atoms with Crippen LogP contribution in [0.1, 0.15) is 36.7 Å². The minimum atomic E-state index is -1.12. The fourth-order valence-corrected chi connectivity index (χ4v) is 1.81. The highest BCUT2D eigenvalue weighted by molar-refractivity contribution is 5.88. The fourth-order valence-electron chi connectivity index (χ4n) is 1.81. The van der Waals surface area contributed by atoms with Gasteiger partial charge in [-0.2, -0.15) is 0 Å². The molecule has 0 atom stereocenters. The Kier molecular flexibility index (Phi) is 6.16. The summed E-state index contributed by atoms with van der Waals surface area (Å²) >= 11 is 0. The van der Waals surface area contributed by atoms with Gasteiger partial charge in [-0.3, -0.25) is 9.69 Å². The number of hydrogen-bond donors (Lipinski definition) is 2. The summed E-state index contributed by atoms with van der Waals surface area (Å²) in [5, 5.41) is 9.06. The molecule has 24 heavy (non-hydrogen) atoms. The highest BCUT2D eigenvalue weighted by Crippen LogP contribution is 2.19. The lowest BCUT2D eigenvalue weighted by Gasteiger charge is -2.27. The van der Waals surface area contributed by atoms with Crippen molar-refractivity contribution in [2.75, 3.05) is 19.4 Å². The van der Waals surface area contributed by atoms with E-state index in [0.717, 1.165) is 4.90 Å². The van der Waals surface area contributed by atoms with Gasteiger partial charge in [0.05, 0.1) is 19.2 Å². The molecule has 0 heterocycles. The van der Waals surface area contributed by atoms with Gasteiger partial charge in [-0.15, -0.1) is 0 Å². The molecule has 3 N–H and O–H groups in total. The second-order valence-electron chi connectivity index (χ2n) is 6.13. The second kappa shape index (κ2) is 7.67. The number of carboxylic acid groups (broad SMARTS) is 1. The summed E-state index contributed by atoms with van der Waals surface area (Å²) in [6.45, 7) is 4.65. The van der Waals surface area contributed by atoms with Crippen molar-refractivity contribution in [1.82, 2.24) is 4.90 Å². The van der Waals surface area contributed by atoms with Crippen LogP contribution < -0.4 is 5.73 Å². The third-order valence-electron chi connectivity index (χ3n) is 2.95. The number of carbonyl (C=O) groups is 3. The summed E-state index contributed by atoms with van der Waals surface area (Å²) in [4.78, 5) is 36.0. The van der Waals surface area contributed by atoms with Crippen molar-refractivity contribution >= 4 is 23.7 Å². The normalized spacial score (nSPS) is 10.8.